The lowest BCUT2D eigenvalue weighted by molar-refractivity contribution is 0.707. The van der Waals surface area contributed by atoms with E-state index in [1.807, 2.05) is 23.1 Å². The van der Waals surface area contributed by atoms with Gasteiger partial charge in [0.05, 0.1) is 5.41 Å². The minimum Gasteiger partial charge on any atom is -0.310 e. The fraction of sp³-hybridized carbons (Fsp3) is 0.0196. The Labute approximate surface area is 321 Å². The highest BCUT2D eigenvalue weighted by Gasteiger charge is 2.48. The molecule has 0 unspecified atom stereocenters. The quantitative estimate of drug-likeness (QED) is 0.179. The number of rotatable bonds is 3. The number of nitrogens with zero attached hydrogens (tertiary/aromatic N) is 1. The SMILES string of the molecule is c1ccc2c(c1)Sc1ccccc1C21c2cc(N(c3ccc4ccccc4c3)c3ccc4c(c3)sc3ccccc34)ccc2-c2cccc3cccc1c23. The second kappa shape index (κ2) is 11.4. The van der Waals surface area contributed by atoms with Gasteiger partial charge in [0, 0.05) is 47.0 Å². The average Bonchev–Trinajstić information content (AvgIpc) is 3.60. The molecule has 3 heteroatoms. The first-order valence-corrected chi connectivity index (χ1v) is 20.1. The van der Waals surface area contributed by atoms with Gasteiger partial charge in [0.15, 0.2) is 0 Å². The molecule has 0 radical (unpaired) electrons. The fourth-order valence-corrected chi connectivity index (χ4v) is 11.8. The van der Waals surface area contributed by atoms with Gasteiger partial charge in [-0.2, -0.15) is 0 Å². The molecular weight excluding hydrogens is 691 g/mol. The molecule has 54 heavy (non-hydrogen) atoms. The Morgan fingerprint density at radius 3 is 1.83 bits per heavy atom. The van der Waals surface area contributed by atoms with E-state index in [4.69, 9.17) is 0 Å². The van der Waals surface area contributed by atoms with Crippen molar-refractivity contribution in [3.8, 4) is 11.1 Å². The van der Waals surface area contributed by atoms with Gasteiger partial charge < -0.3 is 4.90 Å². The summed E-state index contributed by atoms with van der Waals surface area (Å²) in [6, 6.07) is 70.5. The van der Waals surface area contributed by atoms with Crippen molar-refractivity contribution < 1.29 is 0 Å². The van der Waals surface area contributed by atoms with Crippen LogP contribution in [-0.4, -0.2) is 0 Å². The topological polar surface area (TPSA) is 3.24 Å². The van der Waals surface area contributed by atoms with Gasteiger partial charge in [-0.05, 0) is 110 Å². The van der Waals surface area contributed by atoms with Gasteiger partial charge in [-0.25, -0.2) is 0 Å². The summed E-state index contributed by atoms with van der Waals surface area (Å²) in [6.45, 7) is 0. The van der Waals surface area contributed by atoms with Crippen molar-refractivity contribution >= 4 is 81.9 Å². The third kappa shape index (κ3) is 4.17. The highest BCUT2D eigenvalue weighted by atomic mass is 32.2. The van der Waals surface area contributed by atoms with Crippen LogP contribution in [0.1, 0.15) is 22.3 Å². The molecule has 12 rings (SSSR count). The zero-order chi connectivity index (χ0) is 35.4. The van der Waals surface area contributed by atoms with Crippen molar-refractivity contribution in [2.45, 2.75) is 15.2 Å². The highest BCUT2D eigenvalue weighted by Crippen LogP contribution is 2.62. The second-order valence-corrected chi connectivity index (χ2v) is 16.6. The number of benzene rings is 9. The van der Waals surface area contributed by atoms with Crippen molar-refractivity contribution in [3.63, 3.8) is 0 Å². The molecule has 2 aliphatic rings. The van der Waals surface area contributed by atoms with E-state index in [-0.39, 0.29) is 0 Å². The van der Waals surface area contributed by atoms with Crippen LogP contribution in [0.5, 0.6) is 0 Å². The largest absolute Gasteiger partial charge is 0.310 e. The van der Waals surface area contributed by atoms with Crippen molar-refractivity contribution in [2.24, 2.45) is 0 Å². The molecule has 9 aromatic carbocycles. The highest BCUT2D eigenvalue weighted by molar-refractivity contribution is 7.99. The van der Waals surface area contributed by atoms with E-state index in [0.29, 0.717) is 0 Å². The molecule has 10 aromatic rings. The van der Waals surface area contributed by atoms with Crippen LogP contribution in [0.15, 0.2) is 198 Å². The third-order valence-electron chi connectivity index (χ3n) is 11.7. The van der Waals surface area contributed by atoms with Crippen LogP contribution in [0.3, 0.4) is 0 Å². The average molecular weight is 722 g/mol. The van der Waals surface area contributed by atoms with Gasteiger partial charge in [-0.3, -0.25) is 0 Å². The van der Waals surface area contributed by atoms with E-state index in [1.54, 1.807) is 0 Å². The first-order valence-electron chi connectivity index (χ1n) is 18.5. The molecule has 1 aliphatic heterocycles. The molecule has 0 saturated heterocycles. The predicted octanol–water partition coefficient (Wildman–Crippen LogP) is 14.7. The molecule has 1 aliphatic carbocycles. The molecule has 0 saturated carbocycles. The lowest BCUT2D eigenvalue weighted by Gasteiger charge is -2.46. The summed E-state index contributed by atoms with van der Waals surface area (Å²) >= 11 is 3.77. The second-order valence-electron chi connectivity index (χ2n) is 14.4. The van der Waals surface area contributed by atoms with E-state index in [9.17, 15) is 0 Å². The van der Waals surface area contributed by atoms with Crippen molar-refractivity contribution in [2.75, 3.05) is 4.90 Å². The summed E-state index contributed by atoms with van der Waals surface area (Å²) in [7, 11) is 0. The molecular formula is C51H31NS2. The van der Waals surface area contributed by atoms with Gasteiger partial charge in [0.1, 0.15) is 0 Å². The van der Waals surface area contributed by atoms with Crippen LogP contribution < -0.4 is 4.90 Å². The lowest BCUT2D eigenvalue weighted by atomic mass is 9.59. The Morgan fingerprint density at radius 2 is 0.981 bits per heavy atom. The summed E-state index contributed by atoms with van der Waals surface area (Å²) in [5.74, 6) is 0. The van der Waals surface area contributed by atoms with Crippen molar-refractivity contribution in [3.05, 3.63) is 210 Å². The van der Waals surface area contributed by atoms with Gasteiger partial charge in [0.25, 0.3) is 0 Å². The molecule has 252 valence electrons. The summed E-state index contributed by atoms with van der Waals surface area (Å²) in [5.41, 5.74) is 10.9. The standard InChI is InChI=1S/C51H31NS2/c1-2-12-34-29-35(24-23-32(34)11-1)52(37-26-28-40-39-15-3-6-20-46(39)53-49(40)31-37)36-25-27-38-41-16-9-13-33-14-10-19-44(50(33)41)51(45(38)30-36)42-17-4-7-21-47(42)54-48-22-8-5-18-43(48)51/h1-31H. The molecule has 1 nitrogen and oxygen atoms in total. The van der Waals surface area contributed by atoms with Gasteiger partial charge in [0.2, 0.25) is 0 Å². The van der Waals surface area contributed by atoms with Crippen LogP contribution >= 0.6 is 23.1 Å². The number of hydrogen-bond acceptors (Lipinski definition) is 3. The maximum atomic E-state index is 2.51. The molecule has 0 bridgehead atoms. The molecule has 1 spiro atoms. The molecule has 1 aromatic heterocycles. The maximum absolute atomic E-state index is 2.51. The number of anilines is 3. The molecule has 0 N–H and O–H groups in total. The minimum atomic E-state index is -0.512. The summed E-state index contributed by atoms with van der Waals surface area (Å²) in [4.78, 5) is 5.09. The molecule has 2 heterocycles. The zero-order valence-electron chi connectivity index (χ0n) is 29.2. The van der Waals surface area contributed by atoms with Crippen molar-refractivity contribution in [1.82, 2.24) is 0 Å². The van der Waals surface area contributed by atoms with Crippen LogP contribution in [-0.2, 0) is 5.41 Å². The first-order chi connectivity index (χ1) is 26.8. The number of hydrogen-bond donors (Lipinski definition) is 0. The third-order valence-corrected chi connectivity index (χ3v) is 14.0. The van der Waals surface area contributed by atoms with E-state index < -0.39 is 5.41 Å². The van der Waals surface area contributed by atoms with Crippen LogP contribution in [0.25, 0.3) is 52.8 Å². The summed E-state index contributed by atoms with van der Waals surface area (Å²) in [5, 5.41) is 7.71. The normalized spacial score (nSPS) is 13.6. The summed E-state index contributed by atoms with van der Waals surface area (Å²) < 4.78 is 2.61. The molecule has 0 fully saturated rings. The fourth-order valence-electron chi connectivity index (χ4n) is 9.43. The van der Waals surface area contributed by atoms with Crippen LogP contribution in [0, 0.1) is 0 Å². The maximum Gasteiger partial charge on any atom is 0.0736 e. The Morgan fingerprint density at radius 1 is 0.370 bits per heavy atom. The van der Waals surface area contributed by atoms with E-state index in [2.05, 4.69) is 193 Å². The van der Waals surface area contributed by atoms with E-state index in [1.165, 1.54) is 84.9 Å². The Kier molecular flexibility index (Phi) is 6.42. The van der Waals surface area contributed by atoms with Crippen molar-refractivity contribution in [1.29, 1.82) is 0 Å². The van der Waals surface area contributed by atoms with E-state index >= 15 is 0 Å². The number of fused-ring (bicyclic) bond motifs is 12. The Bertz CT molecular complexity index is 3120. The van der Waals surface area contributed by atoms with Gasteiger partial charge in [-0.1, -0.05) is 145 Å². The van der Waals surface area contributed by atoms with E-state index in [0.717, 1.165) is 17.1 Å². The lowest BCUT2D eigenvalue weighted by Crippen LogP contribution is -2.36. The minimum absolute atomic E-state index is 0.512. The van der Waals surface area contributed by atoms with Gasteiger partial charge >= 0.3 is 0 Å². The number of thiophene rings is 1. The first kappa shape index (κ1) is 30.3. The Balaban J connectivity index is 1.19. The monoisotopic (exact) mass is 721 g/mol. The van der Waals surface area contributed by atoms with Crippen LogP contribution in [0.2, 0.25) is 0 Å². The summed E-state index contributed by atoms with van der Waals surface area (Å²) in [6.07, 6.45) is 0. The van der Waals surface area contributed by atoms with Gasteiger partial charge in [-0.15, -0.1) is 11.3 Å². The molecule has 0 amide bonds. The Hall–Kier alpha value is -6.13. The van der Waals surface area contributed by atoms with Crippen LogP contribution in [0.4, 0.5) is 17.1 Å². The molecule has 0 atom stereocenters. The smallest absolute Gasteiger partial charge is 0.0736 e. The zero-order valence-corrected chi connectivity index (χ0v) is 30.8. The predicted molar refractivity (Wildman–Crippen MR) is 230 cm³/mol.